The highest BCUT2D eigenvalue weighted by Gasteiger charge is 2.17. The van der Waals surface area contributed by atoms with Crippen molar-refractivity contribution in [3.05, 3.63) is 81.7 Å². The lowest BCUT2D eigenvalue weighted by molar-refractivity contribution is 0.246. The smallest absolute Gasteiger partial charge is 0.261 e. The van der Waals surface area contributed by atoms with Crippen LogP contribution < -0.4 is 5.56 Å². The van der Waals surface area contributed by atoms with Crippen molar-refractivity contribution in [2.45, 2.75) is 13.0 Å². The molecule has 0 aliphatic heterocycles. The van der Waals surface area contributed by atoms with Crippen molar-refractivity contribution in [2.75, 3.05) is 6.61 Å². The minimum absolute atomic E-state index is 0.229. The molecule has 27 heavy (non-hydrogen) atoms. The zero-order chi connectivity index (χ0) is 19.0. The van der Waals surface area contributed by atoms with Crippen molar-refractivity contribution >= 4 is 22.5 Å². The zero-order valence-corrected chi connectivity index (χ0v) is 15.2. The van der Waals surface area contributed by atoms with Crippen LogP contribution in [0.25, 0.3) is 22.0 Å². The summed E-state index contributed by atoms with van der Waals surface area (Å²) in [6.07, 6.45) is 3.02. The number of aliphatic hydroxyl groups is 1. The van der Waals surface area contributed by atoms with E-state index in [2.05, 4.69) is 10.1 Å². The summed E-state index contributed by atoms with van der Waals surface area (Å²) in [6, 6.07) is 11.9. The third-order valence-corrected chi connectivity index (χ3v) is 4.82. The largest absolute Gasteiger partial charge is 0.394 e. The van der Waals surface area contributed by atoms with Gasteiger partial charge in [0.05, 0.1) is 35.6 Å². The molecule has 0 spiro atoms. The quantitative estimate of drug-likeness (QED) is 0.584. The first-order valence-electron chi connectivity index (χ1n) is 8.37. The second-order valence-corrected chi connectivity index (χ2v) is 6.69. The minimum atomic E-state index is -0.562. The van der Waals surface area contributed by atoms with Gasteiger partial charge in [-0.05, 0) is 42.3 Å². The van der Waals surface area contributed by atoms with Crippen LogP contribution in [-0.2, 0) is 0 Å². The van der Waals surface area contributed by atoms with Gasteiger partial charge < -0.3 is 9.63 Å². The Hall–Kier alpha value is -2.96. The summed E-state index contributed by atoms with van der Waals surface area (Å²) < 4.78 is 6.41. The van der Waals surface area contributed by atoms with Crippen LogP contribution in [0.1, 0.15) is 17.3 Å². The Kier molecular flexibility index (Phi) is 4.51. The Morgan fingerprint density at radius 1 is 1.26 bits per heavy atom. The monoisotopic (exact) mass is 381 g/mol. The molecule has 2 heterocycles. The topological polar surface area (TPSA) is 81.2 Å². The molecule has 6 nitrogen and oxygen atoms in total. The van der Waals surface area contributed by atoms with Gasteiger partial charge in [0.2, 0.25) is 0 Å². The van der Waals surface area contributed by atoms with Crippen LogP contribution in [0.2, 0.25) is 5.02 Å². The van der Waals surface area contributed by atoms with Gasteiger partial charge in [-0.3, -0.25) is 9.36 Å². The molecule has 1 atom stereocenters. The molecule has 0 radical (unpaired) electrons. The summed E-state index contributed by atoms with van der Waals surface area (Å²) >= 11 is 6.05. The zero-order valence-electron chi connectivity index (χ0n) is 14.5. The average Bonchev–Trinajstić information content (AvgIpc) is 3.10. The van der Waals surface area contributed by atoms with Crippen molar-refractivity contribution in [2.24, 2.45) is 0 Å². The van der Waals surface area contributed by atoms with Crippen LogP contribution in [0.5, 0.6) is 0 Å². The van der Waals surface area contributed by atoms with E-state index in [1.807, 2.05) is 25.1 Å². The van der Waals surface area contributed by atoms with Crippen LogP contribution in [0.3, 0.4) is 0 Å². The normalized spacial score (nSPS) is 12.4. The van der Waals surface area contributed by atoms with Crippen LogP contribution in [-0.4, -0.2) is 26.4 Å². The van der Waals surface area contributed by atoms with E-state index in [4.69, 9.17) is 16.1 Å². The number of halogens is 1. The number of benzene rings is 2. The highest BCUT2D eigenvalue weighted by molar-refractivity contribution is 6.30. The Morgan fingerprint density at radius 3 is 2.81 bits per heavy atom. The number of rotatable bonds is 4. The van der Waals surface area contributed by atoms with Crippen LogP contribution >= 0.6 is 11.6 Å². The fraction of sp³-hybridized carbons (Fsp3) is 0.150. The third kappa shape index (κ3) is 3.13. The van der Waals surface area contributed by atoms with Gasteiger partial charge >= 0.3 is 0 Å². The van der Waals surface area contributed by atoms with E-state index in [9.17, 15) is 9.90 Å². The van der Waals surface area contributed by atoms with E-state index in [0.29, 0.717) is 15.9 Å². The molecule has 4 rings (SSSR count). The van der Waals surface area contributed by atoms with Crippen molar-refractivity contribution in [3.63, 3.8) is 0 Å². The third-order valence-electron chi connectivity index (χ3n) is 4.59. The van der Waals surface area contributed by atoms with Crippen molar-refractivity contribution in [3.8, 4) is 11.1 Å². The molecule has 0 amide bonds. The fourth-order valence-corrected chi connectivity index (χ4v) is 3.36. The first-order chi connectivity index (χ1) is 13.1. The molecular formula is C20H16ClN3O3. The lowest BCUT2D eigenvalue weighted by Crippen LogP contribution is -2.28. The van der Waals surface area contributed by atoms with Crippen molar-refractivity contribution < 1.29 is 9.63 Å². The van der Waals surface area contributed by atoms with E-state index in [-0.39, 0.29) is 12.2 Å². The molecule has 4 aromatic rings. The Morgan fingerprint density at radius 2 is 2.11 bits per heavy atom. The van der Waals surface area contributed by atoms with Crippen molar-refractivity contribution in [1.82, 2.24) is 14.7 Å². The molecular weight excluding hydrogens is 366 g/mol. The molecule has 1 N–H and O–H groups in total. The van der Waals surface area contributed by atoms with Crippen LogP contribution in [0, 0.1) is 6.92 Å². The van der Waals surface area contributed by atoms with Gasteiger partial charge in [-0.15, -0.1) is 0 Å². The average molecular weight is 382 g/mol. The lowest BCUT2D eigenvalue weighted by Gasteiger charge is -2.18. The molecule has 2 aromatic heterocycles. The van der Waals surface area contributed by atoms with Gasteiger partial charge in [0.15, 0.2) is 0 Å². The number of nitrogens with zero attached hydrogens (tertiary/aromatic N) is 3. The number of hydrogen-bond acceptors (Lipinski definition) is 5. The predicted molar refractivity (Wildman–Crippen MR) is 103 cm³/mol. The van der Waals surface area contributed by atoms with Gasteiger partial charge in [-0.25, -0.2) is 4.98 Å². The first-order valence-corrected chi connectivity index (χ1v) is 8.75. The van der Waals surface area contributed by atoms with E-state index in [1.165, 1.54) is 10.9 Å². The van der Waals surface area contributed by atoms with Crippen LogP contribution in [0.15, 0.2) is 64.4 Å². The number of fused-ring (bicyclic) bond motifs is 1. The number of hydrogen-bond donors (Lipinski definition) is 1. The summed E-state index contributed by atoms with van der Waals surface area (Å²) in [7, 11) is 0. The molecule has 0 aliphatic rings. The van der Waals surface area contributed by atoms with Gasteiger partial charge in [-0.1, -0.05) is 35.0 Å². The maximum absolute atomic E-state index is 13.0. The summed E-state index contributed by atoms with van der Waals surface area (Å²) in [5.41, 5.74) is 3.58. The SMILES string of the molecule is Cc1nocc1-c1ccc2c(=O)n(C(CO)c3cccc(Cl)c3)cnc2c1. The molecule has 7 heteroatoms. The first kappa shape index (κ1) is 17.5. The molecule has 2 aromatic carbocycles. The highest BCUT2D eigenvalue weighted by atomic mass is 35.5. The molecule has 0 aliphatic carbocycles. The standard InChI is InChI=1S/C20H16ClN3O3/c1-12-17(10-27-23-12)13-5-6-16-18(8-13)22-11-24(20(16)26)19(9-25)14-3-2-4-15(21)7-14/h2-8,10-11,19,25H,9H2,1H3. The molecule has 0 bridgehead atoms. The van der Waals surface area contributed by atoms with Gasteiger partial charge in [-0.2, -0.15) is 0 Å². The second kappa shape index (κ2) is 6.98. The summed E-state index contributed by atoms with van der Waals surface area (Å²) in [4.78, 5) is 17.4. The fourth-order valence-electron chi connectivity index (χ4n) is 3.16. The summed E-state index contributed by atoms with van der Waals surface area (Å²) in [5, 5.41) is 14.8. The highest BCUT2D eigenvalue weighted by Crippen LogP contribution is 2.25. The summed E-state index contributed by atoms with van der Waals surface area (Å²) in [5.74, 6) is 0. The van der Waals surface area contributed by atoms with E-state index in [0.717, 1.165) is 22.4 Å². The molecule has 0 saturated heterocycles. The Labute approximate surface area is 159 Å². The van der Waals surface area contributed by atoms with E-state index in [1.54, 1.807) is 30.5 Å². The van der Waals surface area contributed by atoms with Gasteiger partial charge in [0.1, 0.15) is 6.26 Å². The molecule has 0 fully saturated rings. The predicted octanol–water partition coefficient (Wildman–Crippen LogP) is 3.60. The lowest BCUT2D eigenvalue weighted by atomic mass is 10.0. The molecule has 1 unspecified atom stereocenters. The maximum Gasteiger partial charge on any atom is 0.261 e. The van der Waals surface area contributed by atoms with E-state index < -0.39 is 6.04 Å². The Balaban J connectivity index is 1.82. The minimum Gasteiger partial charge on any atom is -0.394 e. The molecule has 136 valence electrons. The van der Waals surface area contributed by atoms with E-state index >= 15 is 0 Å². The second-order valence-electron chi connectivity index (χ2n) is 6.26. The number of aliphatic hydroxyl groups excluding tert-OH is 1. The number of aryl methyl sites for hydroxylation is 1. The molecule has 0 saturated carbocycles. The Bertz CT molecular complexity index is 1180. The van der Waals surface area contributed by atoms with Crippen LogP contribution in [0.4, 0.5) is 0 Å². The van der Waals surface area contributed by atoms with Gasteiger partial charge in [0.25, 0.3) is 5.56 Å². The van der Waals surface area contributed by atoms with Crippen molar-refractivity contribution in [1.29, 1.82) is 0 Å². The maximum atomic E-state index is 13.0. The number of aromatic nitrogens is 3. The van der Waals surface area contributed by atoms with Gasteiger partial charge in [0, 0.05) is 10.6 Å². The summed E-state index contributed by atoms with van der Waals surface area (Å²) in [6.45, 7) is 1.61.